The molecule has 2 aliphatic rings. The second kappa shape index (κ2) is 10.2. The lowest BCUT2D eigenvalue weighted by Crippen LogP contribution is -2.37. The van der Waals surface area contributed by atoms with E-state index in [1.54, 1.807) is 36.8 Å². The van der Waals surface area contributed by atoms with Crippen LogP contribution in [0, 0.1) is 5.95 Å². The zero-order valence-corrected chi connectivity index (χ0v) is 21.5. The maximum Gasteiger partial charge on any atom is 0.268 e. The number of hydrogen-bond acceptors (Lipinski definition) is 7. The standard InChI is InChI=1S/C23H19F3N6OS.C3H8/c1-12-8-14(9-13-10-23(25,26)22(12)28-13)33-19-5-3-16(29-30-19)15-2-4-17(20-21(15)34-11-27-20)32-7-6-18(24)31-32;1-3-2/h2-8,11,13-14,22,28H,9-10H2,1H3;3H2,1-2H3. The summed E-state index contributed by atoms with van der Waals surface area (Å²) in [6, 6.07) is 7.24. The monoisotopic (exact) mass is 528 g/mol. The van der Waals surface area contributed by atoms with E-state index < -0.39 is 17.9 Å². The van der Waals surface area contributed by atoms with Crippen molar-refractivity contribution < 1.29 is 17.9 Å². The molecular formula is C26H27F3N6OS. The Bertz CT molecular complexity index is 1420. The van der Waals surface area contributed by atoms with Crippen LogP contribution in [0.1, 0.15) is 40.0 Å². The first-order valence-corrected chi connectivity index (χ1v) is 13.1. The van der Waals surface area contributed by atoms with Crippen LogP contribution < -0.4 is 10.1 Å². The van der Waals surface area contributed by atoms with Gasteiger partial charge in [-0.15, -0.1) is 26.6 Å². The first-order valence-electron chi connectivity index (χ1n) is 12.2. The molecule has 0 radical (unpaired) electrons. The minimum absolute atomic E-state index is 0.195. The second-order valence-corrected chi connectivity index (χ2v) is 10.1. The summed E-state index contributed by atoms with van der Waals surface area (Å²) in [5, 5.41) is 15.4. The van der Waals surface area contributed by atoms with E-state index in [1.165, 1.54) is 28.5 Å². The molecule has 1 saturated heterocycles. The van der Waals surface area contributed by atoms with E-state index in [4.69, 9.17) is 4.74 Å². The number of aromatic nitrogens is 5. The van der Waals surface area contributed by atoms with Crippen LogP contribution in [0.4, 0.5) is 13.2 Å². The van der Waals surface area contributed by atoms with E-state index in [1.807, 2.05) is 12.1 Å². The zero-order valence-electron chi connectivity index (χ0n) is 20.7. The Morgan fingerprint density at radius 3 is 2.68 bits per heavy atom. The molecule has 37 heavy (non-hydrogen) atoms. The van der Waals surface area contributed by atoms with Crippen LogP contribution >= 0.6 is 11.3 Å². The molecule has 0 spiro atoms. The molecule has 0 aliphatic carbocycles. The molecule has 5 heterocycles. The normalized spacial score (nSPS) is 22.2. The first kappa shape index (κ1) is 25.3. The van der Waals surface area contributed by atoms with Crippen molar-refractivity contribution in [1.29, 1.82) is 0 Å². The van der Waals surface area contributed by atoms with Gasteiger partial charge in [0.25, 0.3) is 5.92 Å². The molecule has 0 saturated carbocycles. The van der Waals surface area contributed by atoms with Gasteiger partial charge < -0.3 is 10.1 Å². The molecule has 194 valence electrons. The molecule has 3 aromatic heterocycles. The summed E-state index contributed by atoms with van der Waals surface area (Å²) in [5.41, 5.74) is 5.11. The van der Waals surface area contributed by atoms with Gasteiger partial charge in [0.05, 0.1) is 27.6 Å². The molecule has 4 aromatic rings. The number of ether oxygens (including phenoxy) is 1. The van der Waals surface area contributed by atoms with Crippen molar-refractivity contribution in [2.24, 2.45) is 0 Å². The fourth-order valence-electron chi connectivity index (χ4n) is 4.74. The summed E-state index contributed by atoms with van der Waals surface area (Å²) in [7, 11) is 0. The number of fused-ring (bicyclic) bond motifs is 3. The average Bonchev–Trinajstić information content (AvgIpc) is 3.55. The SMILES string of the molecule is CC1=CC(Oc2ccc(-c3ccc(-n4ccc(F)n4)c4ncsc34)nn2)CC2CC(F)(F)C1N2.CCC. The molecule has 6 rings (SSSR count). The zero-order chi connectivity index (χ0) is 26.2. The van der Waals surface area contributed by atoms with Crippen molar-refractivity contribution in [3.8, 4) is 22.8 Å². The van der Waals surface area contributed by atoms with Gasteiger partial charge in [0.1, 0.15) is 11.6 Å². The Morgan fingerprint density at radius 1 is 1.16 bits per heavy atom. The number of nitrogens with one attached hydrogen (secondary N) is 1. The summed E-state index contributed by atoms with van der Waals surface area (Å²) in [6.45, 7) is 5.95. The molecule has 7 nitrogen and oxygen atoms in total. The van der Waals surface area contributed by atoms with Crippen LogP contribution in [-0.2, 0) is 0 Å². The van der Waals surface area contributed by atoms with Crippen LogP contribution in [0.25, 0.3) is 27.2 Å². The van der Waals surface area contributed by atoms with Gasteiger partial charge in [0.2, 0.25) is 11.8 Å². The third-order valence-corrected chi connectivity index (χ3v) is 7.08. The Kier molecular flexibility index (Phi) is 7.00. The van der Waals surface area contributed by atoms with E-state index in [0.29, 0.717) is 34.8 Å². The highest BCUT2D eigenvalue weighted by atomic mass is 32.1. The summed E-state index contributed by atoms with van der Waals surface area (Å²) < 4.78 is 49.9. The van der Waals surface area contributed by atoms with E-state index in [9.17, 15) is 13.2 Å². The number of nitrogens with zero attached hydrogens (tertiary/aromatic N) is 5. The summed E-state index contributed by atoms with van der Waals surface area (Å²) in [6.07, 6.45) is 4.42. The van der Waals surface area contributed by atoms with Crippen LogP contribution in [0.3, 0.4) is 0 Å². The largest absolute Gasteiger partial charge is 0.469 e. The van der Waals surface area contributed by atoms with Gasteiger partial charge in [-0.3, -0.25) is 0 Å². The van der Waals surface area contributed by atoms with Gasteiger partial charge in [-0.05, 0) is 31.2 Å². The number of rotatable bonds is 4. The van der Waals surface area contributed by atoms with E-state index in [-0.39, 0.29) is 18.6 Å². The number of thiazole rings is 1. The van der Waals surface area contributed by atoms with Gasteiger partial charge in [0, 0.05) is 42.8 Å². The van der Waals surface area contributed by atoms with Gasteiger partial charge in [-0.25, -0.2) is 18.4 Å². The topological polar surface area (TPSA) is 77.8 Å². The highest BCUT2D eigenvalue weighted by Gasteiger charge is 2.51. The van der Waals surface area contributed by atoms with E-state index in [2.05, 4.69) is 39.4 Å². The van der Waals surface area contributed by atoms with Gasteiger partial charge in [-0.1, -0.05) is 25.8 Å². The third kappa shape index (κ3) is 5.10. The van der Waals surface area contributed by atoms with Crippen LogP contribution in [0.2, 0.25) is 0 Å². The van der Waals surface area contributed by atoms with Crippen molar-refractivity contribution in [1.82, 2.24) is 30.3 Å². The number of halogens is 3. The van der Waals surface area contributed by atoms with Gasteiger partial charge in [0.15, 0.2) is 0 Å². The fraction of sp³-hybridized carbons (Fsp3) is 0.385. The Balaban J connectivity index is 0.000000892. The van der Waals surface area contributed by atoms with E-state index >= 15 is 0 Å². The van der Waals surface area contributed by atoms with Gasteiger partial charge >= 0.3 is 0 Å². The van der Waals surface area contributed by atoms with Gasteiger partial charge in [-0.2, -0.15) is 4.39 Å². The molecule has 1 aromatic carbocycles. The molecule has 3 unspecified atom stereocenters. The quantitative estimate of drug-likeness (QED) is 0.330. The molecule has 3 atom stereocenters. The number of hydrogen-bond donors (Lipinski definition) is 1. The average molecular weight is 529 g/mol. The highest BCUT2D eigenvalue weighted by molar-refractivity contribution is 7.17. The summed E-state index contributed by atoms with van der Waals surface area (Å²) in [5.74, 6) is -2.97. The lowest BCUT2D eigenvalue weighted by atomic mass is 9.96. The van der Waals surface area contributed by atoms with Crippen molar-refractivity contribution in [2.45, 2.75) is 64.1 Å². The van der Waals surface area contributed by atoms with Crippen LogP contribution in [-0.4, -0.2) is 49.1 Å². The third-order valence-electron chi connectivity index (χ3n) is 6.22. The van der Waals surface area contributed by atoms with Crippen molar-refractivity contribution in [2.75, 3.05) is 0 Å². The number of alkyl halides is 2. The van der Waals surface area contributed by atoms with Crippen molar-refractivity contribution in [3.05, 3.63) is 59.6 Å². The maximum atomic E-state index is 14.1. The lowest BCUT2D eigenvalue weighted by Gasteiger charge is -2.22. The Morgan fingerprint density at radius 2 is 1.97 bits per heavy atom. The minimum atomic E-state index is -2.74. The predicted octanol–water partition coefficient (Wildman–Crippen LogP) is 5.96. The molecule has 2 aliphatic heterocycles. The Labute approximate surface area is 216 Å². The van der Waals surface area contributed by atoms with Crippen LogP contribution in [0.15, 0.2) is 53.7 Å². The van der Waals surface area contributed by atoms with Crippen molar-refractivity contribution >= 4 is 21.6 Å². The van der Waals surface area contributed by atoms with E-state index in [0.717, 1.165) is 10.3 Å². The molecule has 1 fully saturated rings. The smallest absolute Gasteiger partial charge is 0.268 e. The van der Waals surface area contributed by atoms with Crippen molar-refractivity contribution in [3.63, 3.8) is 0 Å². The fourth-order valence-corrected chi connectivity index (χ4v) is 5.57. The number of benzene rings is 1. The molecule has 0 amide bonds. The minimum Gasteiger partial charge on any atom is -0.469 e. The lowest BCUT2D eigenvalue weighted by molar-refractivity contribution is -0.00407. The maximum absolute atomic E-state index is 14.1. The molecule has 1 N–H and O–H groups in total. The molecule has 2 bridgehead atoms. The molecule has 11 heteroatoms. The van der Waals surface area contributed by atoms with Crippen LogP contribution in [0.5, 0.6) is 5.88 Å². The second-order valence-electron chi connectivity index (χ2n) is 9.27. The molecular weight excluding hydrogens is 501 g/mol. The highest BCUT2D eigenvalue weighted by Crippen LogP contribution is 2.39. The predicted molar refractivity (Wildman–Crippen MR) is 137 cm³/mol. The Hall–Kier alpha value is -3.31. The summed E-state index contributed by atoms with van der Waals surface area (Å²) in [4.78, 5) is 4.43. The summed E-state index contributed by atoms with van der Waals surface area (Å²) >= 11 is 1.45. The first-order chi connectivity index (χ1) is 17.8.